The molecule has 1 fully saturated rings. The normalized spacial score (nSPS) is 16.4. The van der Waals surface area contributed by atoms with Crippen molar-refractivity contribution in [1.29, 1.82) is 0 Å². The van der Waals surface area contributed by atoms with Gasteiger partial charge in [0.15, 0.2) is 0 Å². The molecule has 2 aromatic rings. The van der Waals surface area contributed by atoms with Crippen LogP contribution in [0.15, 0.2) is 53.4 Å². The van der Waals surface area contributed by atoms with Gasteiger partial charge < -0.3 is 9.64 Å². The van der Waals surface area contributed by atoms with Crippen molar-refractivity contribution >= 4 is 10.0 Å². The number of hydrogen-bond acceptors (Lipinski definition) is 4. The van der Waals surface area contributed by atoms with Gasteiger partial charge in [-0.05, 0) is 55.6 Å². The Labute approximate surface area is 162 Å². The zero-order valence-corrected chi connectivity index (χ0v) is 16.9. The van der Waals surface area contributed by atoms with E-state index in [1.165, 1.54) is 5.56 Å². The summed E-state index contributed by atoms with van der Waals surface area (Å²) in [5, 5.41) is 0. The van der Waals surface area contributed by atoms with E-state index in [2.05, 4.69) is 17.0 Å². The van der Waals surface area contributed by atoms with E-state index in [4.69, 9.17) is 4.74 Å². The Balaban J connectivity index is 1.48. The fraction of sp³-hybridized carbons (Fsp3) is 0.429. The average Bonchev–Trinajstić information content (AvgIpc) is 2.69. The van der Waals surface area contributed by atoms with E-state index in [1.54, 1.807) is 23.5 Å². The third-order valence-electron chi connectivity index (χ3n) is 5.14. The summed E-state index contributed by atoms with van der Waals surface area (Å²) in [6, 6.07) is 15.4. The summed E-state index contributed by atoms with van der Waals surface area (Å²) in [6.45, 7) is 5.52. The summed E-state index contributed by atoms with van der Waals surface area (Å²) in [4.78, 5) is 2.78. The third kappa shape index (κ3) is 4.89. The van der Waals surface area contributed by atoms with Gasteiger partial charge >= 0.3 is 0 Å². The highest BCUT2D eigenvalue weighted by atomic mass is 32.2. The first-order valence-electron chi connectivity index (χ1n) is 9.42. The van der Waals surface area contributed by atoms with E-state index in [0.29, 0.717) is 18.0 Å². The number of rotatable bonds is 7. The molecular weight excluding hydrogens is 360 g/mol. The quantitative estimate of drug-likeness (QED) is 0.732. The molecule has 0 aromatic heterocycles. The van der Waals surface area contributed by atoms with Crippen molar-refractivity contribution in [3.8, 4) is 5.75 Å². The zero-order valence-electron chi connectivity index (χ0n) is 16.1. The number of methoxy groups -OCH3 is 1. The Morgan fingerprint density at radius 1 is 0.963 bits per heavy atom. The van der Waals surface area contributed by atoms with Crippen LogP contribution in [0.5, 0.6) is 5.75 Å². The Morgan fingerprint density at radius 2 is 1.63 bits per heavy atom. The number of sulfonamides is 1. The van der Waals surface area contributed by atoms with Gasteiger partial charge in [0, 0.05) is 26.2 Å². The maximum atomic E-state index is 12.9. The van der Waals surface area contributed by atoms with Gasteiger partial charge in [0.25, 0.3) is 0 Å². The van der Waals surface area contributed by atoms with Crippen molar-refractivity contribution in [2.45, 2.75) is 24.7 Å². The van der Waals surface area contributed by atoms with E-state index in [9.17, 15) is 8.42 Å². The molecule has 0 unspecified atom stereocenters. The second kappa shape index (κ2) is 8.87. The molecular formula is C21H28N2O3S. The van der Waals surface area contributed by atoms with Crippen LogP contribution in [0.2, 0.25) is 0 Å². The first kappa shape index (κ1) is 19.9. The molecule has 1 heterocycles. The zero-order chi connectivity index (χ0) is 19.3. The highest BCUT2D eigenvalue weighted by Gasteiger charge is 2.29. The monoisotopic (exact) mass is 388 g/mol. The molecule has 0 saturated carbocycles. The van der Waals surface area contributed by atoms with Gasteiger partial charge in [0.1, 0.15) is 5.75 Å². The fourth-order valence-electron chi connectivity index (χ4n) is 3.48. The summed E-state index contributed by atoms with van der Waals surface area (Å²) in [5.41, 5.74) is 2.11. The number of benzene rings is 2. The number of aryl methyl sites for hydroxylation is 2. The van der Waals surface area contributed by atoms with Gasteiger partial charge in [-0.25, -0.2) is 8.42 Å². The molecule has 0 N–H and O–H groups in total. The second-order valence-corrected chi connectivity index (χ2v) is 8.87. The van der Waals surface area contributed by atoms with Crippen LogP contribution in [0.1, 0.15) is 17.5 Å². The predicted octanol–water partition coefficient (Wildman–Crippen LogP) is 2.94. The van der Waals surface area contributed by atoms with Crippen LogP contribution < -0.4 is 4.74 Å². The highest BCUT2D eigenvalue weighted by Crippen LogP contribution is 2.21. The van der Waals surface area contributed by atoms with Crippen LogP contribution in [0.25, 0.3) is 0 Å². The molecule has 6 heteroatoms. The van der Waals surface area contributed by atoms with E-state index >= 15 is 0 Å². The minimum atomic E-state index is -3.39. The Kier molecular flexibility index (Phi) is 6.52. The number of piperazine rings is 1. The van der Waals surface area contributed by atoms with Crippen LogP contribution in [-0.2, 0) is 16.4 Å². The first-order chi connectivity index (χ1) is 13.0. The van der Waals surface area contributed by atoms with Crippen LogP contribution in [-0.4, -0.2) is 57.5 Å². The van der Waals surface area contributed by atoms with Crippen molar-refractivity contribution in [1.82, 2.24) is 9.21 Å². The summed E-state index contributed by atoms with van der Waals surface area (Å²) in [7, 11) is -1.72. The molecule has 0 atom stereocenters. The van der Waals surface area contributed by atoms with Gasteiger partial charge in [0.05, 0.1) is 12.0 Å². The minimum Gasteiger partial charge on any atom is -0.497 e. The highest BCUT2D eigenvalue weighted by molar-refractivity contribution is 7.89. The predicted molar refractivity (Wildman–Crippen MR) is 108 cm³/mol. The standard InChI is InChI=1S/C21H28N2O3S/c1-18-6-3-4-8-21(18)27(24,25)23-16-14-22(15-17-23)13-5-7-19-9-11-20(26-2)12-10-19/h3-4,6,8-12H,5,7,13-17H2,1-2H3. The van der Waals surface area contributed by atoms with Crippen LogP contribution in [0.4, 0.5) is 0 Å². The van der Waals surface area contributed by atoms with Crippen molar-refractivity contribution in [3.05, 3.63) is 59.7 Å². The lowest BCUT2D eigenvalue weighted by atomic mass is 10.1. The molecule has 1 aliphatic heterocycles. The minimum absolute atomic E-state index is 0.429. The molecule has 27 heavy (non-hydrogen) atoms. The molecule has 1 aliphatic rings. The summed E-state index contributed by atoms with van der Waals surface area (Å²) in [5.74, 6) is 0.879. The Hall–Kier alpha value is -1.89. The van der Waals surface area contributed by atoms with E-state index < -0.39 is 10.0 Å². The number of hydrogen-bond donors (Lipinski definition) is 0. The van der Waals surface area contributed by atoms with E-state index in [-0.39, 0.29) is 0 Å². The molecule has 0 amide bonds. The maximum absolute atomic E-state index is 12.9. The summed E-state index contributed by atoms with van der Waals surface area (Å²) < 4.78 is 32.5. The lowest BCUT2D eigenvalue weighted by Crippen LogP contribution is -2.48. The van der Waals surface area contributed by atoms with Crippen molar-refractivity contribution < 1.29 is 13.2 Å². The number of nitrogens with zero attached hydrogens (tertiary/aromatic N) is 2. The van der Waals surface area contributed by atoms with Gasteiger partial charge in [-0.15, -0.1) is 0 Å². The maximum Gasteiger partial charge on any atom is 0.243 e. The second-order valence-electron chi connectivity index (χ2n) is 6.96. The summed E-state index contributed by atoms with van der Waals surface area (Å²) in [6.07, 6.45) is 2.09. The molecule has 0 spiro atoms. The molecule has 0 radical (unpaired) electrons. The fourth-order valence-corrected chi connectivity index (χ4v) is 5.13. The smallest absolute Gasteiger partial charge is 0.243 e. The van der Waals surface area contributed by atoms with Crippen molar-refractivity contribution in [3.63, 3.8) is 0 Å². The summed E-state index contributed by atoms with van der Waals surface area (Å²) >= 11 is 0. The SMILES string of the molecule is COc1ccc(CCCN2CCN(S(=O)(=O)c3ccccc3C)CC2)cc1. The van der Waals surface area contributed by atoms with E-state index in [0.717, 1.165) is 43.8 Å². The molecule has 146 valence electrons. The lowest BCUT2D eigenvalue weighted by Gasteiger charge is -2.34. The van der Waals surface area contributed by atoms with Crippen molar-refractivity contribution in [2.75, 3.05) is 39.8 Å². The van der Waals surface area contributed by atoms with Gasteiger partial charge in [-0.1, -0.05) is 30.3 Å². The van der Waals surface area contributed by atoms with Crippen LogP contribution in [0.3, 0.4) is 0 Å². The van der Waals surface area contributed by atoms with Gasteiger partial charge in [0.2, 0.25) is 10.0 Å². The molecule has 3 rings (SSSR count). The third-order valence-corrected chi connectivity index (χ3v) is 7.20. The Bertz CT molecular complexity index is 842. The number of ether oxygens (including phenoxy) is 1. The molecule has 5 nitrogen and oxygen atoms in total. The molecule has 1 saturated heterocycles. The van der Waals surface area contributed by atoms with Crippen LogP contribution >= 0.6 is 0 Å². The lowest BCUT2D eigenvalue weighted by molar-refractivity contribution is 0.187. The van der Waals surface area contributed by atoms with Gasteiger partial charge in [-0.3, -0.25) is 0 Å². The van der Waals surface area contributed by atoms with Crippen molar-refractivity contribution in [2.24, 2.45) is 0 Å². The largest absolute Gasteiger partial charge is 0.497 e. The topological polar surface area (TPSA) is 49.9 Å². The molecule has 0 aliphatic carbocycles. The van der Waals surface area contributed by atoms with E-state index in [1.807, 2.05) is 31.2 Å². The Morgan fingerprint density at radius 3 is 2.26 bits per heavy atom. The van der Waals surface area contributed by atoms with Gasteiger partial charge in [-0.2, -0.15) is 4.31 Å². The molecule has 2 aromatic carbocycles. The first-order valence-corrected chi connectivity index (χ1v) is 10.9. The average molecular weight is 389 g/mol. The molecule has 0 bridgehead atoms. The van der Waals surface area contributed by atoms with Crippen LogP contribution in [0, 0.1) is 6.92 Å².